The number of thioether (sulfide) groups is 1. The predicted octanol–water partition coefficient (Wildman–Crippen LogP) is 1.45. The van der Waals surface area contributed by atoms with Crippen LogP contribution in [0.3, 0.4) is 0 Å². The second-order valence-corrected chi connectivity index (χ2v) is 4.46. The summed E-state index contributed by atoms with van der Waals surface area (Å²) in [7, 11) is 0. The van der Waals surface area contributed by atoms with Gasteiger partial charge in [-0.25, -0.2) is 4.79 Å². The Kier molecular flexibility index (Phi) is 5.77. The first-order valence-electron chi connectivity index (χ1n) is 5.51. The molecule has 0 aliphatic rings. The number of aromatic nitrogens is 3. The fourth-order valence-electron chi connectivity index (χ4n) is 1.48. The van der Waals surface area contributed by atoms with Crippen LogP contribution in [0.4, 0.5) is 5.95 Å². The van der Waals surface area contributed by atoms with Crippen molar-refractivity contribution in [2.75, 3.05) is 30.1 Å². The first-order chi connectivity index (χ1) is 8.17. The summed E-state index contributed by atoms with van der Waals surface area (Å²) in [5.74, 6) is 0.872. The minimum atomic E-state index is -0.285. The fraction of sp³-hybridized carbons (Fsp3) is 0.700. The third-order valence-electron chi connectivity index (χ3n) is 2.39. The molecule has 1 aromatic heterocycles. The third kappa shape index (κ3) is 3.35. The van der Waals surface area contributed by atoms with E-state index < -0.39 is 0 Å². The molecular formula is C10H17ClN4OS. The Bertz CT molecular complexity index is 419. The van der Waals surface area contributed by atoms with Gasteiger partial charge in [0.05, 0.1) is 0 Å². The largest absolute Gasteiger partial charge is 0.352 e. The van der Waals surface area contributed by atoms with Crippen LogP contribution in [0.1, 0.15) is 13.8 Å². The van der Waals surface area contributed by atoms with Crippen LogP contribution in [0.15, 0.2) is 9.95 Å². The van der Waals surface area contributed by atoms with Crippen LogP contribution in [0.5, 0.6) is 0 Å². The van der Waals surface area contributed by atoms with Gasteiger partial charge in [0.25, 0.3) is 0 Å². The van der Waals surface area contributed by atoms with Gasteiger partial charge in [-0.1, -0.05) is 11.8 Å². The summed E-state index contributed by atoms with van der Waals surface area (Å²) < 4.78 is 1.50. The van der Waals surface area contributed by atoms with Crippen molar-refractivity contribution in [2.45, 2.75) is 25.5 Å². The van der Waals surface area contributed by atoms with Gasteiger partial charge in [0.2, 0.25) is 5.95 Å². The van der Waals surface area contributed by atoms with Crippen LogP contribution < -0.4 is 10.6 Å². The van der Waals surface area contributed by atoms with Gasteiger partial charge in [0.15, 0.2) is 5.16 Å². The lowest BCUT2D eigenvalue weighted by Crippen LogP contribution is -2.32. The Balaban J connectivity index is 3.21. The average Bonchev–Trinajstić information content (AvgIpc) is 2.33. The summed E-state index contributed by atoms with van der Waals surface area (Å²) in [6, 6.07) is 0. The van der Waals surface area contributed by atoms with Crippen LogP contribution >= 0.6 is 23.4 Å². The normalized spacial score (nSPS) is 10.6. The number of rotatable bonds is 6. The number of nitrogens with zero attached hydrogens (tertiary/aromatic N) is 4. The minimum absolute atomic E-state index is 0.285. The number of halogens is 1. The summed E-state index contributed by atoms with van der Waals surface area (Å²) in [4.78, 5) is 22.2. The zero-order valence-electron chi connectivity index (χ0n) is 10.3. The quantitative estimate of drug-likeness (QED) is 0.581. The molecule has 0 aromatic carbocycles. The van der Waals surface area contributed by atoms with Gasteiger partial charge in [0.1, 0.15) is 0 Å². The Hall–Kier alpha value is -0.750. The van der Waals surface area contributed by atoms with Gasteiger partial charge < -0.3 is 4.90 Å². The van der Waals surface area contributed by atoms with E-state index in [1.165, 1.54) is 16.3 Å². The molecule has 0 amide bonds. The molecule has 0 N–H and O–H groups in total. The van der Waals surface area contributed by atoms with E-state index in [-0.39, 0.29) is 5.69 Å². The van der Waals surface area contributed by atoms with E-state index in [1.807, 2.05) is 25.0 Å². The maximum Gasteiger partial charge on any atom is 0.352 e. The van der Waals surface area contributed by atoms with Crippen LogP contribution in [0.2, 0.25) is 0 Å². The summed E-state index contributed by atoms with van der Waals surface area (Å²) >= 11 is 7.09. The zero-order chi connectivity index (χ0) is 12.8. The van der Waals surface area contributed by atoms with Crippen LogP contribution in [-0.4, -0.2) is 39.8 Å². The van der Waals surface area contributed by atoms with E-state index in [9.17, 15) is 4.79 Å². The first kappa shape index (κ1) is 14.3. The molecule has 96 valence electrons. The highest BCUT2D eigenvalue weighted by Gasteiger charge is 2.12. The highest BCUT2D eigenvalue weighted by atomic mass is 35.5. The van der Waals surface area contributed by atoms with Gasteiger partial charge in [-0.15, -0.1) is 11.6 Å². The van der Waals surface area contributed by atoms with Gasteiger partial charge in [-0.05, 0) is 20.1 Å². The van der Waals surface area contributed by atoms with E-state index in [1.54, 1.807) is 0 Å². The fourth-order valence-corrected chi connectivity index (χ4v) is 2.21. The van der Waals surface area contributed by atoms with Crippen molar-refractivity contribution in [1.82, 2.24) is 14.5 Å². The number of hydrogen-bond acceptors (Lipinski definition) is 5. The van der Waals surface area contributed by atoms with Crippen molar-refractivity contribution < 1.29 is 0 Å². The smallest absolute Gasteiger partial charge is 0.341 e. The Morgan fingerprint density at radius 1 is 1.35 bits per heavy atom. The molecule has 0 saturated heterocycles. The van der Waals surface area contributed by atoms with E-state index in [0.717, 1.165) is 13.1 Å². The first-order valence-corrected chi connectivity index (χ1v) is 7.27. The van der Waals surface area contributed by atoms with Crippen LogP contribution in [0.25, 0.3) is 0 Å². The lowest BCUT2D eigenvalue weighted by molar-refractivity contribution is 0.592. The lowest BCUT2D eigenvalue weighted by Gasteiger charge is -2.19. The van der Waals surface area contributed by atoms with Crippen molar-refractivity contribution >= 4 is 29.3 Å². The van der Waals surface area contributed by atoms with E-state index in [0.29, 0.717) is 23.5 Å². The maximum atomic E-state index is 11.9. The summed E-state index contributed by atoms with van der Waals surface area (Å²) in [5.41, 5.74) is -0.285. The van der Waals surface area contributed by atoms with E-state index in [2.05, 4.69) is 9.97 Å². The molecule has 0 radical (unpaired) electrons. The van der Waals surface area contributed by atoms with E-state index in [4.69, 9.17) is 11.6 Å². The highest BCUT2D eigenvalue weighted by molar-refractivity contribution is 7.98. The molecular weight excluding hydrogens is 260 g/mol. The standard InChI is InChI=1S/C10H17ClN4OS/c1-4-14(5-2)8-12-9(16)15(7-6-11)10(13-8)17-3/h4-7H2,1-3H3. The average molecular weight is 277 g/mol. The SMILES string of the molecule is CCN(CC)c1nc(SC)n(CCCl)c(=O)n1. The molecule has 17 heavy (non-hydrogen) atoms. The maximum absolute atomic E-state index is 11.9. The molecule has 0 saturated carbocycles. The second kappa shape index (κ2) is 6.86. The Labute approximate surface area is 110 Å². The molecule has 0 fully saturated rings. The highest BCUT2D eigenvalue weighted by Crippen LogP contribution is 2.13. The Morgan fingerprint density at radius 2 is 2.00 bits per heavy atom. The molecule has 7 heteroatoms. The lowest BCUT2D eigenvalue weighted by atomic mass is 10.5. The third-order valence-corrected chi connectivity index (χ3v) is 3.24. The molecule has 0 atom stereocenters. The van der Waals surface area contributed by atoms with Crippen LogP contribution in [-0.2, 0) is 6.54 Å². The molecule has 0 bridgehead atoms. The van der Waals surface area contributed by atoms with Crippen molar-refractivity contribution in [3.05, 3.63) is 10.5 Å². The molecule has 0 spiro atoms. The van der Waals surface area contributed by atoms with Crippen LogP contribution in [0, 0.1) is 0 Å². The van der Waals surface area contributed by atoms with Crippen molar-refractivity contribution in [2.24, 2.45) is 0 Å². The van der Waals surface area contributed by atoms with Crippen molar-refractivity contribution in [3.8, 4) is 0 Å². The molecule has 0 aliphatic carbocycles. The molecule has 1 rings (SSSR count). The molecule has 0 unspecified atom stereocenters. The topological polar surface area (TPSA) is 51.0 Å². The van der Waals surface area contributed by atoms with Gasteiger partial charge in [-0.3, -0.25) is 4.57 Å². The minimum Gasteiger partial charge on any atom is -0.341 e. The second-order valence-electron chi connectivity index (χ2n) is 3.31. The number of alkyl halides is 1. The summed E-state index contributed by atoms with van der Waals surface area (Å²) in [6.45, 7) is 6.02. The van der Waals surface area contributed by atoms with Gasteiger partial charge in [0, 0.05) is 25.5 Å². The number of hydrogen-bond donors (Lipinski definition) is 0. The predicted molar refractivity (Wildman–Crippen MR) is 72.4 cm³/mol. The van der Waals surface area contributed by atoms with Gasteiger partial charge in [-0.2, -0.15) is 9.97 Å². The molecule has 0 aliphatic heterocycles. The molecule has 5 nitrogen and oxygen atoms in total. The van der Waals surface area contributed by atoms with E-state index >= 15 is 0 Å². The number of anilines is 1. The monoisotopic (exact) mass is 276 g/mol. The van der Waals surface area contributed by atoms with Crippen molar-refractivity contribution in [1.29, 1.82) is 0 Å². The Morgan fingerprint density at radius 3 is 2.47 bits per heavy atom. The summed E-state index contributed by atoms with van der Waals surface area (Å²) in [5, 5.41) is 0.660. The summed E-state index contributed by atoms with van der Waals surface area (Å²) in [6.07, 6.45) is 1.89. The zero-order valence-corrected chi connectivity index (χ0v) is 11.9. The van der Waals surface area contributed by atoms with Crippen molar-refractivity contribution in [3.63, 3.8) is 0 Å². The molecule has 1 aromatic rings. The molecule has 1 heterocycles. The van der Waals surface area contributed by atoms with Gasteiger partial charge >= 0.3 is 5.69 Å².